The SMILES string of the molecule is C=Cc1ccc(-n2nnc(CCN(CC)CC)c2Cc2ccc(-c3ccc(N4CCOCC4)cc3)cc2)cc1. The normalized spacial score (nSPS) is 13.7. The number of hydrogen-bond donors (Lipinski definition) is 0. The smallest absolute Gasteiger partial charge is 0.0880 e. The van der Waals surface area contributed by atoms with Crippen molar-refractivity contribution in [3.63, 3.8) is 0 Å². The van der Waals surface area contributed by atoms with E-state index in [1.165, 1.54) is 22.4 Å². The molecule has 4 aromatic rings. The lowest BCUT2D eigenvalue weighted by molar-refractivity contribution is 0.122. The summed E-state index contributed by atoms with van der Waals surface area (Å²) in [6, 6.07) is 26.1. The quantitative estimate of drug-likeness (QED) is 0.246. The fourth-order valence-corrected chi connectivity index (χ4v) is 5.16. The van der Waals surface area contributed by atoms with E-state index in [0.29, 0.717) is 0 Å². The zero-order valence-electron chi connectivity index (χ0n) is 23.2. The van der Waals surface area contributed by atoms with Crippen molar-refractivity contribution in [2.24, 2.45) is 0 Å². The third-order valence-electron chi connectivity index (χ3n) is 7.68. The van der Waals surface area contributed by atoms with Crippen LogP contribution >= 0.6 is 0 Å². The van der Waals surface area contributed by atoms with Gasteiger partial charge in [-0.05, 0) is 59.6 Å². The molecule has 0 atom stereocenters. The number of ether oxygens (including phenoxy) is 1. The lowest BCUT2D eigenvalue weighted by Crippen LogP contribution is -2.36. The van der Waals surface area contributed by atoms with Crippen LogP contribution in [0.5, 0.6) is 0 Å². The Morgan fingerprint density at radius 3 is 2.08 bits per heavy atom. The molecule has 0 bridgehead atoms. The van der Waals surface area contributed by atoms with Gasteiger partial charge in [-0.2, -0.15) is 0 Å². The molecular formula is C33H39N5O. The third-order valence-corrected chi connectivity index (χ3v) is 7.68. The summed E-state index contributed by atoms with van der Waals surface area (Å²) in [4.78, 5) is 4.82. The molecule has 1 aliphatic rings. The Morgan fingerprint density at radius 1 is 0.846 bits per heavy atom. The van der Waals surface area contributed by atoms with Crippen molar-refractivity contribution in [3.8, 4) is 16.8 Å². The van der Waals surface area contributed by atoms with Gasteiger partial charge in [0.05, 0.1) is 30.3 Å². The highest BCUT2D eigenvalue weighted by Crippen LogP contribution is 2.26. The highest BCUT2D eigenvalue weighted by molar-refractivity contribution is 5.66. The molecule has 0 N–H and O–H groups in total. The number of nitrogens with zero attached hydrogens (tertiary/aromatic N) is 5. The molecule has 0 aliphatic carbocycles. The van der Waals surface area contributed by atoms with Crippen molar-refractivity contribution in [1.29, 1.82) is 0 Å². The molecular weight excluding hydrogens is 482 g/mol. The van der Waals surface area contributed by atoms with Crippen LogP contribution in [0.15, 0.2) is 79.4 Å². The van der Waals surface area contributed by atoms with Crippen molar-refractivity contribution in [3.05, 3.63) is 102 Å². The summed E-state index contributed by atoms with van der Waals surface area (Å²) in [5.41, 5.74) is 9.29. The lowest BCUT2D eigenvalue weighted by Gasteiger charge is -2.28. The number of morpholine rings is 1. The standard InChI is InChI=1S/C33H39N5O/c1-4-26-9-15-31(16-10-26)38-33(32(34-35-38)19-20-36(5-2)6-3)25-27-7-11-28(12-8-27)29-13-17-30(18-14-29)37-21-23-39-24-22-37/h4,7-18H,1,5-6,19-25H2,2-3H3. The molecule has 0 radical (unpaired) electrons. The second kappa shape index (κ2) is 12.9. The van der Waals surface area contributed by atoms with Crippen LogP contribution in [-0.2, 0) is 17.6 Å². The minimum Gasteiger partial charge on any atom is -0.378 e. The maximum atomic E-state index is 5.49. The van der Waals surface area contributed by atoms with E-state index in [-0.39, 0.29) is 0 Å². The van der Waals surface area contributed by atoms with Crippen LogP contribution < -0.4 is 4.90 Å². The number of benzene rings is 3. The third kappa shape index (κ3) is 6.47. The molecule has 0 amide bonds. The maximum absolute atomic E-state index is 5.49. The van der Waals surface area contributed by atoms with Crippen LogP contribution in [0.1, 0.15) is 36.4 Å². The van der Waals surface area contributed by atoms with Gasteiger partial charge >= 0.3 is 0 Å². The molecule has 5 rings (SSSR count). The molecule has 1 fully saturated rings. The Kier molecular flexibility index (Phi) is 8.86. The first-order chi connectivity index (χ1) is 19.2. The van der Waals surface area contributed by atoms with E-state index in [4.69, 9.17) is 4.74 Å². The monoisotopic (exact) mass is 521 g/mol. The van der Waals surface area contributed by atoms with Gasteiger partial charge in [0, 0.05) is 38.2 Å². The van der Waals surface area contributed by atoms with Gasteiger partial charge < -0.3 is 14.5 Å². The summed E-state index contributed by atoms with van der Waals surface area (Å²) in [7, 11) is 0. The van der Waals surface area contributed by atoms with E-state index in [1.54, 1.807) is 0 Å². The summed E-state index contributed by atoms with van der Waals surface area (Å²) >= 11 is 0. The Morgan fingerprint density at radius 2 is 1.46 bits per heavy atom. The Bertz CT molecular complexity index is 1330. The summed E-state index contributed by atoms with van der Waals surface area (Å²) in [5, 5.41) is 9.23. The van der Waals surface area contributed by atoms with Crippen molar-refractivity contribution in [2.75, 3.05) is 50.8 Å². The van der Waals surface area contributed by atoms with Gasteiger partial charge in [-0.3, -0.25) is 0 Å². The average molecular weight is 522 g/mol. The number of hydrogen-bond acceptors (Lipinski definition) is 5. The van der Waals surface area contributed by atoms with Crippen molar-refractivity contribution in [1.82, 2.24) is 19.9 Å². The van der Waals surface area contributed by atoms with Crippen molar-refractivity contribution >= 4 is 11.8 Å². The van der Waals surface area contributed by atoms with E-state index in [1.807, 2.05) is 10.8 Å². The second-order valence-electron chi connectivity index (χ2n) is 9.99. The highest BCUT2D eigenvalue weighted by atomic mass is 16.5. The number of likely N-dealkylation sites (N-methyl/N-ethyl adjacent to an activating group) is 1. The molecule has 1 aromatic heterocycles. The minimum absolute atomic E-state index is 0.778. The van der Waals surface area contributed by atoms with E-state index >= 15 is 0 Å². The number of aromatic nitrogens is 3. The van der Waals surface area contributed by atoms with Gasteiger partial charge in [0.25, 0.3) is 0 Å². The number of anilines is 1. The first-order valence-electron chi connectivity index (χ1n) is 14.1. The highest BCUT2D eigenvalue weighted by Gasteiger charge is 2.16. The largest absolute Gasteiger partial charge is 0.378 e. The minimum atomic E-state index is 0.778. The van der Waals surface area contributed by atoms with Gasteiger partial charge in [-0.25, -0.2) is 4.68 Å². The fraction of sp³-hybridized carbons (Fsp3) is 0.333. The van der Waals surface area contributed by atoms with Crippen LogP contribution in [-0.4, -0.2) is 65.8 Å². The van der Waals surface area contributed by atoms with Crippen LogP contribution in [0, 0.1) is 0 Å². The van der Waals surface area contributed by atoms with Gasteiger partial charge in [-0.1, -0.05) is 80.2 Å². The fourth-order valence-electron chi connectivity index (χ4n) is 5.16. The molecule has 0 saturated carbocycles. The van der Waals surface area contributed by atoms with Crippen molar-refractivity contribution in [2.45, 2.75) is 26.7 Å². The predicted molar refractivity (Wildman–Crippen MR) is 161 cm³/mol. The van der Waals surface area contributed by atoms with Crippen LogP contribution in [0.4, 0.5) is 5.69 Å². The summed E-state index contributed by atoms with van der Waals surface area (Å²) < 4.78 is 7.49. The van der Waals surface area contributed by atoms with Crippen molar-refractivity contribution < 1.29 is 4.74 Å². The first kappa shape index (κ1) is 26.9. The molecule has 1 saturated heterocycles. The lowest BCUT2D eigenvalue weighted by atomic mass is 10.0. The van der Waals surface area contributed by atoms with E-state index in [2.05, 4.69) is 113 Å². The van der Waals surface area contributed by atoms with Crippen LogP contribution in [0.25, 0.3) is 22.9 Å². The molecule has 2 heterocycles. The molecule has 1 aliphatic heterocycles. The van der Waals surface area contributed by atoms with Gasteiger partial charge in [0.1, 0.15) is 0 Å². The molecule has 6 heteroatoms. The van der Waals surface area contributed by atoms with Gasteiger partial charge in [0.2, 0.25) is 0 Å². The molecule has 39 heavy (non-hydrogen) atoms. The molecule has 202 valence electrons. The first-order valence-corrected chi connectivity index (χ1v) is 14.1. The molecule has 0 unspecified atom stereocenters. The second-order valence-corrected chi connectivity index (χ2v) is 9.99. The summed E-state index contributed by atoms with van der Waals surface area (Å²) in [6.07, 6.45) is 3.52. The summed E-state index contributed by atoms with van der Waals surface area (Å²) in [6.45, 7) is 14.9. The predicted octanol–water partition coefficient (Wildman–Crippen LogP) is 5.89. The van der Waals surface area contributed by atoms with Crippen LogP contribution in [0.3, 0.4) is 0 Å². The molecule has 6 nitrogen and oxygen atoms in total. The summed E-state index contributed by atoms with van der Waals surface area (Å²) in [5.74, 6) is 0. The van der Waals surface area contributed by atoms with Gasteiger partial charge in [0.15, 0.2) is 0 Å². The van der Waals surface area contributed by atoms with Gasteiger partial charge in [-0.15, -0.1) is 5.10 Å². The van der Waals surface area contributed by atoms with E-state index in [9.17, 15) is 0 Å². The van der Waals surface area contributed by atoms with Crippen LogP contribution in [0.2, 0.25) is 0 Å². The van der Waals surface area contributed by atoms with E-state index < -0.39 is 0 Å². The van der Waals surface area contributed by atoms with E-state index in [0.717, 1.165) is 81.4 Å². The average Bonchev–Trinajstić information content (AvgIpc) is 3.40. The maximum Gasteiger partial charge on any atom is 0.0880 e. The number of rotatable bonds is 11. The Hall–Kier alpha value is -3.74. The topological polar surface area (TPSA) is 46.4 Å². The Labute approximate surface area is 232 Å². The zero-order valence-corrected chi connectivity index (χ0v) is 23.2. The Balaban J connectivity index is 1.36. The molecule has 3 aromatic carbocycles. The zero-order chi connectivity index (χ0) is 27.0. The molecule has 0 spiro atoms.